The van der Waals surface area contributed by atoms with Gasteiger partial charge >= 0.3 is 0 Å². The summed E-state index contributed by atoms with van der Waals surface area (Å²) < 4.78 is 0. The molecule has 0 spiro atoms. The molecule has 102 valence electrons. The zero-order chi connectivity index (χ0) is 14.4. The molecule has 19 heavy (non-hydrogen) atoms. The minimum absolute atomic E-state index is 0.0555. The van der Waals surface area contributed by atoms with Crippen molar-refractivity contribution in [2.24, 2.45) is 5.92 Å². The van der Waals surface area contributed by atoms with Crippen LogP contribution in [0, 0.1) is 27.4 Å². The summed E-state index contributed by atoms with van der Waals surface area (Å²) in [5.41, 5.74) is 0.593. The number of nitro groups is 1. The van der Waals surface area contributed by atoms with E-state index >= 15 is 0 Å². The maximum Gasteiger partial charge on any atom is 0.270 e. The van der Waals surface area contributed by atoms with E-state index in [0.29, 0.717) is 11.6 Å². The number of benzene rings is 1. The van der Waals surface area contributed by atoms with E-state index in [4.69, 9.17) is 5.26 Å². The van der Waals surface area contributed by atoms with Gasteiger partial charge in [-0.25, -0.2) is 0 Å². The molecule has 0 bridgehead atoms. The fraction of sp³-hybridized carbons (Fsp3) is 0.462. The molecule has 0 aliphatic heterocycles. The number of nitrogens with one attached hydrogen (secondary N) is 1. The van der Waals surface area contributed by atoms with E-state index in [-0.39, 0.29) is 23.9 Å². The number of anilines is 1. The van der Waals surface area contributed by atoms with Crippen molar-refractivity contribution in [3.8, 4) is 6.07 Å². The van der Waals surface area contributed by atoms with Crippen LogP contribution in [0.2, 0.25) is 0 Å². The molecular formula is C13H17N3O3. The van der Waals surface area contributed by atoms with Gasteiger partial charge in [0.25, 0.3) is 5.69 Å². The first-order valence-electron chi connectivity index (χ1n) is 6.03. The summed E-state index contributed by atoms with van der Waals surface area (Å²) in [7, 11) is 0. The van der Waals surface area contributed by atoms with E-state index in [1.807, 2.05) is 19.9 Å². The smallest absolute Gasteiger partial charge is 0.270 e. The standard InChI is InChI=1S/C13H17N3O3/c1-9(2)5-11(8-17)15-13-4-3-12(16(18)19)6-10(13)7-14/h3-4,6,9,11,15,17H,5,8H2,1-2H3. The maximum atomic E-state index is 10.6. The molecule has 6 nitrogen and oxygen atoms in total. The number of nitrogens with zero attached hydrogens (tertiary/aromatic N) is 2. The molecule has 0 heterocycles. The lowest BCUT2D eigenvalue weighted by Crippen LogP contribution is -2.26. The molecule has 1 aromatic carbocycles. The Morgan fingerprint density at radius 3 is 2.68 bits per heavy atom. The minimum atomic E-state index is -0.539. The second-order valence-electron chi connectivity index (χ2n) is 4.75. The Morgan fingerprint density at radius 2 is 2.21 bits per heavy atom. The number of aliphatic hydroxyl groups is 1. The van der Waals surface area contributed by atoms with Crippen molar-refractivity contribution >= 4 is 11.4 Å². The van der Waals surface area contributed by atoms with E-state index in [1.54, 1.807) is 0 Å². The fourth-order valence-corrected chi connectivity index (χ4v) is 1.83. The Balaban J connectivity index is 2.94. The Kier molecular flexibility index (Phi) is 5.27. The molecule has 1 rings (SSSR count). The summed E-state index contributed by atoms with van der Waals surface area (Å²) in [4.78, 5) is 10.1. The van der Waals surface area contributed by atoms with E-state index in [0.717, 1.165) is 6.42 Å². The van der Waals surface area contributed by atoms with Gasteiger partial charge in [-0.3, -0.25) is 10.1 Å². The van der Waals surface area contributed by atoms with Crippen LogP contribution < -0.4 is 5.32 Å². The van der Waals surface area contributed by atoms with Crippen LogP contribution in [-0.2, 0) is 0 Å². The van der Waals surface area contributed by atoms with Crippen molar-refractivity contribution in [3.05, 3.63) is 33.9 Å². The summed E-state index contributed by atoms with van der Waals surface area (Å²) in [6, 6.07) is 5.82. The van der Waals surface area contributed by atoms with Crippen molar-refractivity contribution in [2.45, 2.75) is 26.3 Å². The topological polar surface area (TPSA) is 99.2 Å². The molecule has 1 atom stereocenters. The zero-order valence-electron chi connectivity index (χ0n) is 11.0. The third-order valence-electron chi connectivity index (χ3n) is 2.67. The summed E-state index contributed by atoms with van der Waals surface area (Å²) >= 11 is 0. The predicted molar refractivity (Wildman–Crippen MR) is 71.8 cm³/mol. The second-order valence-corrected chi connectivity index (χ2v) is 4.75. The summed E-state index contributed by atoms with van der Waals surface area (Å²) in [6.45, 7) is 4.01. The van der Waals surface area contributed by atoms with Crippen LogP contribution in [0.15, 0.2) is 18.2 Å². The van der Waals surface area contributed by atoms with E-state index in [9.17, 15) is 15.2 Å². The quantitative estimate of drug-likeness (QED) is 0.606. The van der Waals surface area contributed by atoms with Crippen molar-refractivity contribution in [1.29, 1.82) is 5.26 Å². The van der Waals surface area contributed by atoms with Crippen LogP contribution in [0.3, 0.4) is 0 Å². The van der Waals surface area contributed by atoms with Gasteiger partial charge < -0.3 is 10.4 Å². The lowest BCUT2D eigenvalue weighted by molar-refractivity contribution is -0.384. The Morgan fingerprint density at radius 1 is 1.53 bits per heavy atom. The lowest BCUT2D eigenvalue weighted by atomic mass is 10.0. The van der Waals surface area contributed by atoms with Gasteiger partial charge in [-0.05, 0) is 18.4 Å². The number of hydrogen-bond acceptors (Lipinski definition) is 5. The molecule has 6 heteroatoms. The largest absolute Gasteiger partial charge is 0.394 e. The molecule has 0 fully saturated rings. The van der Waals surface area contributed by atoms with Gasteiger partial charge in [-0.2, -0.15) is 5.26 Å². The average Bonchev–Trinajstić information content (AvgIpc) is 2.37. The van der Waals surface area contributed by atoms with Crippen LogP contribution in [0.1, 0.15) is 25.8 Å². The first-order valence-corrected chi connectivity index (χ1v) is 6.03. The van der Waals surface area contributed by atoms with Gasteiger partial charge in [0.1, 0.15) is 6.07 Å². The van der Waals surface area contributed by atoms with Gasteiger partial charge in [0, 0.05) is 18.2 Å². The number of non-ortho nitro benzene ring substituents is 1. The molecular weight excluding hydrogens is 246 g/mol. The molecule has 0 aliphatic rings. The Bertz CT molecular complexity index is 494. The van der Waals surface area contributed by atoms with Gasteiger partial charge in [0.05, 0.1) is 22.8 Å². The molecule has 0 aliphatic carbocycles. The molecule has 1 aromatic rings. The number of hydrogen-bond donors (Lipinski definition) is 2. The maximum absolute atomic E-state index is 10.6. The SMILES string of the molecule is CC(C)CC(CO)Nc1ccc([N+](=O)[O-])cc1C#N. The summed E-state index contributed by atoms with van der Waals surface area (Å²) in [5.74, 6) is 0.397. The van der Waals surface area contributed by atoms with Crippen molar-refractivity contribution in [2.75, 3.05) is 11.9 Å². The third-order valence-corrected chi connectivity index (χ3v) is 2.67. The summed E-state index contributed by atoms with van der Waals surface area (Å²) in [6.07, 6.45) is 0.748. The highest BCUT2D eigenvalue weighted by molar-refractivity contribution is 5.61. The van der Waals surface area contributed by atoms with Crippen molar-refractivity contribution in [1.82, 2.24) is 0 Å². The van der Waals surface area contributed by atoms with E-state index in [2.05, 4.69) is 5.32 Å². The van der Waals surface area contributed by atoms with Crippen LogP contribution >= 0.6 is 0 Å². The second kappa shape index (κ2) is 6.71. The molecule has 2 N–H and O–H groups in total. The van der Waals surface area contributed by atoms with Crippen LogP contribution in [0.5, 0.6) is 0 Å². The Hall–Kier alpha value is -2.13. The number of nitro benzene ring substituents is 1. The van der Waals surface area contributed by atoms with Gasteiger partial charge in [0.15, 0.2) is 0 Å². The van der Waals surface area contributed by atoms with Crippen LogP contribution in [0.4, 0.5) is 11.4 Å². The molecule has 1 unspecified atom stereocenters. The third kappa shape index (κ3) is 4.23. The number of rotatable bonds is 6. The van der Waals surface area contributed by atoms with Crippen LogP contribution in [-0.4, -0.2) is 22.7 Å². The monoisotopic (exact) mass is 263 g/mol. The number of aliphatic hydroxyl groups excluding tert-OH is 1. The highest BCUT2D eigenvalue weighted by Crippen LogP contribution is 2.23. The van der Waals surface area contributed by atoms with Crippen molar-refractivity contribution < 1.29 is 10.0 Å². The molecule has 0 saturated carbocycles. The molecule has 0 amide bonds. The van der Waals surface area contributed by atoms with Gasteiger partial charge in [0.2, 0.25) is 0 Å². The molecule has 0 saturated heterocycles. The average molecular weight is 263 g/mol. The lowest BCUT2D eigenvalue weighted by Gasteiger charge is -2.20. The fourth-order valence-electron chi connectivity index (χ4n) is 1.83. The summed E-state index contributed by atoms with van der Waals surface area (Å²) in [5, 5.41) is 32.0. The highest BCUT2D eigenvalue weighted by Gasteiger charge is 2.14. The first-order chi connectivity index (χ1) is 8.97. The predicted octanol–water partition coefficient (Wildman–Crippen LogP) is 2.29. The van der Waals surface area contributed by atoms with Gasteiger partial charge in [-0.1, -0.05) is 13.8 Å². The van der Waals surface area contributed by atoms with Gasteiger partial charge in [-0.15, -0.1) is 0 Å². The normalized spacial score (nSPS) is 11.9. The highest BCUT2D eigenvalue weighted by atomic mass is 16.6. The van der Waals surface area contributed by atoms with Crippen LogP contribution in [0.25, 0.3) is 0 Å². The van der Waals surface area contributed by atoms with E-state index < -0.39 is 4.92 Å². The number of nitriles is 1. The Labute approximate surface area is 111 Å². The first kappa shape index (κ1) is 14.9. The molecule has 0 radical (unpaired) electrons. The van der Waals surface area contributed by atoms with E-state index in [1.165, 1.54) is 18.2 Å². The minimum Gasteiger partial charge on any atom is -0.394 e. The zero-order valence-corrected chi connectivity index (χ0v) is 11.0. The molecule has 0 aromatic heterocycles. The van der Waals surface area contributed by atoms with Crippen molar-refractivity contribution in [3.63, 3.8) is 0 Å².